The van der Waals surface area contributed by atoms with E-state index in [1.807, 2.05) is 29.2 Å². The van der Waals surface area contributed by atoms with Gasteiger partial charge < -0.3 is 15.5 Å². The number of carbonyl (C=O) groups excluding carboxylic acids is 2. The number of hydrogen-bond donors (Lipinski definition) is 2. The van der Waals surface area contributed by atoms with Crippen molar-refractivity contribution in [2.45, 2.75) is 0 Å². The highest BCUT2D eigenvalue weighted by Gasteiger charge is 2.16. The van der Waals surface area contributed by atoms with E-state index < -0.39 is 0 Å². The van der Waals surface area contributed by atoms with Crippen LogP contribution in [0.5, 0.6) is 0 Å². The largest absolute Gasteiger partial charge is 0.360 e. The summed E-state index contributed by atoms with van der Waals surface area (Å²) in [6.45, 7) is 1.78. The predicted octanol–water partition coefficient (Wildman–Crippen LogP) is 3.13. The summed E-state index contributed by atoms with van der Waals surface area (Å²) in [4.78, 5) is 25.7. The predicted molar refractivity (Wildman–Crippen MR) is 104 cm³/mol. The number of piperazine rings is 1. The van der Waals surface area contributed by atoms with Crippen molar-refractivity contribution in [2.75, 3.05) is 29.9 Å². The number of benzene rings is 2. The summed E-state index contributed by atoms with van der Waals surface area (Å²) >= 11 is 8.07. The van der Waals surface area contributed by atoms with E-state index >= 15 is 0 Å². The Hall–Kier alpha value is -1.80. The highest BCUT2D eigenvalue weighted by molar-refractivity contribution is 14.1. The van der Waals surface area contributed by atoms with E-state index in [2.05, 4.69) is 33.2 Å². The Morgan fingerprint density at radius 3 is 2.62 bits per heavy atom. The lowest BCUT2D eigenvalue weighted by Gasteiger charge is -2.28. The summed E-state index contributed by atoms with van der Waals surface area (Å²) in [6, 6.07) is 12.6. The van der Waals surface area contributed by atoms with Gasteiger partial charge >= 0.3 is 0 Å². The van der Waals surface area contributed by atoms with Gasteiger partial charge in [0.05, 0.1) is 11.6 Å². The molecule has 1 aliphatic rings. The second kappa shape index (κ2) is 7.40. The van der Waals surface area contributed by atoms with Crippen molar-refractivity contribution >= 4 is 57.4 Å². The van der Waals surface area contributed by atoms with E-state index in [4.69, 9.17) is 11.6 Å². The summed E-state index contributed by atoms with van der Waals surface area (Å²) in [5, 5.41) is 6.29. The summed E-state index contributed by atoms with van der Waals surface area (Å²) < 4.78 is 0.834. The van der Waals surface area contributed by atoms with Gasteiger partial charge in [0.25, 0.3) is 5.91 Å². The number of nitrogens with one attached hydrogen (secondary N) is 2. The fraction of sp³-hybridized carbons (Fsp3) is 0.176. The van der Waals surface area contributed by atoms with Gasteiger partial charge in [-0.15, -0.1) is 0 Å². The van der Waals surface area contributed by atoms with E-state index in [0.717, 1.165) is 15.8 Å². The molecule has 0 spiro atoms. The Labute approximate surface area is 158 Å². The molecule has 0 saturated carbocycles. The van der Waals surface area contributed by atoms with E-state index in [1.165, 1.54) is 0 Å². The lowest BCUT2D eigenvalue weighted by molar-refractivity contribution is -0.120. The van der Waals surface area contributed by atoms with Gasteiger partial charge in [0.15, 0.2) is 0 Å². The monoisotopic (exact) mass is 455 g/mol. The molecular weight excluding hydrogens is 441 g/mol. The van der Waals surface area contributed by atoms with Gasteiger partial charge in [0.2, 0.25) is 5.91 Å². The second-order valence-corrected chi connectivity index (χ2v) is 6.97. The van der Waals surface area contributed by atoms with Gasteiger partial charge in [-0.3, -0.25) is 9.59 Å². The molecule has 2 aromatic carbocycles. The maximum absolute atomic E-state index is 12.3. The average molecular weight is 456 g/mol. The molecule has 1 fully saturated rings. The molecule has 0 radical (unpaired) electrons. The normalized spacial score (nSPS) is 14.2. The van der Waals surface area contributed by atoms with Crippen molar-refractivity contribution < 1.29 is 9.59 Å². The molecule has 1 aliphatic heterocycles. The molecule has 0 bridgehead atoms. The summed E-state index contributed by atoms with van der Waals surface area (Å²) in [5.74, 6) is -0.161. The van der Waals surface area contributed by atoms with E-state index in [0.29, 0.717) is 29.4 Å². The molecule has 5 nitrogen and oxygen atoms in total. The van der Waals surface area contributed by atoms with Gasteiger partial charge in [-0.2, -0.15) is 0 Å². The zero-order chi connectivity index (χ0) is 17.1. The van der Waals surface area contributed by atoms with Crippen LogP contribution in [-0.2, 0) is 4.79 Å². The number of nitrogens with zero attached hydrogens (tertiary/aromatic N) is 1. The van der Waals surface area contributed by atoms with Crippen LogP contribution in [0.25, 0.3) is 0 Å². The third kappa shape index (κ3) is 3.99. The summed E-state index contributed by atoms with van der Waals surface area (Å²) in [7, 11) is 0. The van der Waals surface area contributed by atoms with Crippen molar-refractivity contribution in [3.8, 4) is 0 Å². The van der Waals surface area contributed by atoms with Gasteiger partial charge in [0.1, 0.15) is 0 Å². The molecule has 24 heavy (non-hydrogen) atoms. The molecule has 1 saturated heterocycles. The Morgan fingerprint density at radius 1 is 1.21 bits per heavy atom. The lowest BCUT2D eigenvalue weighted by Crippen LogP contribution is -2.47. The van der Waals surface area contributed by atoms with Crippen molar-refractivity contribution in [3.05, 3.63) is 56.6 Å². The minimum Gasteiger partial charge on any atom is -0.360 e. The molecule has 3 rings (SSSR count). The van der Waals surface area contributed by atoms with Crippen LogP contribution in [0.1, 0.15) is 10.4 Å². The fourth-order valence-electron chi connectivity index (χ4n) is 2.46. The third-order valence-corrected chi connectivity index (χ3v) is 5.25. The average Bonchev–Trinajstić information content (AvgIpc) is 2.58. The number of hydrogen-bond acceptors (Lipinski definition) is 3. The molecular formula is C17H15ClIN3O2. The van der Waals surface area contributed by atoms with Crippen molar-refractivity contribution in [2.24, 2.45) is 0 Å². The first-order valence-corrected chi connectivity index (χ1v) is 8.87. The number of halogens is 2. The van der Waals surface area contributed by atoms with Crippen molar-refractivity contribution in [1.82, 2.24) is 5.32 Å². The molecule has 2 aromatic rings. The minimum atomic E-state index is -0.185. The maximum atomic E-state index is 12.3. The number of amides is 2. The molecule has 7 heteroatoms. The number of rotatable bonds is 3. The second-order valence-electron chi connectivity index (χ2n) is 5.40. The first-order chi connectivity index (χ1) is 11.5. The smallest absolute Gasteiger partial charge is 0.255 e. The molecule has 2 amide bonds. The minimum absolute atomic E-state index is 0.0240. The molecule has 0 unspecified atom stereocenters. The van der Waals surface area contributed by atoms with Crippen LogP contribution >= 0.6 is 34.2 Å². The highest BCUT2D eigenvalue weighted by Crippen LogP contribution is 2.21. The summed E-state index contributed by atoms with van der Waals surface area (Å²) in [5.41, 5.74) is 2.22. The Bertz CT molecular complexity index is 780. The van der Waals surface area contributed by atoms with E-state index in [-0.39, 0.29) is 11.8 Å². The summed E-state index contributed by atoms with van der Waals surface area (Å²) in [6.07, 6.45) is 0. The Balaban J connectivity index is 1.68. The van der Waals surface area contributed by atoms with Crippen LogP contribution in [0.4, 0.5) is 11.4 Å². The Morgan fingerprint density at radius 2 is 1.96 bits per heavy atom. The quantitative estimate of drug-likeness (QED) is 0.699. The van der Waals surface area contributed by atoms with Crippen LogP contribution in [0.15, 0.2) is 42.5 Å². The first kappa shape index (κ1) is 17.0. The Kier molecular flexibility index (Phi) is 5.25. The van der Waals surface area contributed by atoms with Crippen LogP contribution in [0, 0.1) is 3.57 Å². The standard InChI is InChI=1S/C17H15ClIN3O2/c18-14-6-1-11(9-15(14)19)17(24)21-12-2-4-13(5-3-12)22-8-7-20-16(23)10-22/h1-6,9H,7-8,10H2,(H,20,23)(H,21,24). The van der Waals surface area contributed by atoms with Crippen LogP contribution in [0.2, 0.25) is 5.02 Å². The molecule has 0 aromatic heterocycles. The molecule has 0 aliphatic carbocycles. The third-order valence-electron chi connectivity index (χ3n) is 3.71. The topological polar surface area (TPSA) is 61.4 Å². The van der Waals surface area contributed by atoms with Gasteiger partial charge in [-0.05, 0) is 65.1 Å². The van der Waals surface area contributed by atoms with Gasteiger partial charge in [0, 0.05) is 33.6 Å². The van der Waals surface area contributed by atoms with Crippen LogP contribution < -0.4 is 15.5 Å². The number of anilines is 2. The zero-order valence-electron chi connectivity index (χ0n) is 12.7. The van der Waals surface area contributed by atoms with Crippen molar-refractivity contribution in [3.63, 3.8) is 0 Å². The van der Waals surface area contributed by atoms with E-state index in [1.54, 1.807) is 18.2 Å². The first-order valence-electron chi connectivity index (χ1n) is 7.41. The number of carbonyl (C=O) groups is 2. The molecule has 124 valence electrons. The van der Waals surface area contributed by atoms with Gasteiger partial charge in [-0.25, -0.2) is 0 Å². The molecule has 0 atom stereocenters. The van der Waals surface area contributed by atoms with Crippen molar-refractivity contribution in [1.29, 1.82) is 0 Å². The SMILES string of the molecule is O=C1CN(c2ccc(NC(=O)c3ccc(Cl)c(I)c3)cc2)CCN1. The maximum Gasteiger partial charge on any atom is 0.255 e. The van der Waals surface area contributed by atoms with Crippen LogP contribution in [0.3, 0.4) is 0 Å². The van der Waals surface area contributed by atoms with Crippen LogP contribution in [-0.4, -0.2) is 31.4 Å². The zero-order valence-corrected chi connectivity index (χ0v) is 15.6. The van der Waals surface area contributed by atoms with E-state index in [9.17, 15) is 9.59 Å². The lowest BCUT2D eigenvalue weighted by atomic mass is 10.2. The fourth-order valence-corrected chi connectivity index (χ4v) is 3.09. The van der Waals surface area contributed by atoms with Gasteiger partial charge in [-0.1, -0.05) is 11.6 Å². The highest BCUT2D eigenvalue weighted by atomic mass is 127. The molecule has 1 heterocycles. The molecule has 2 N–H and O–H groups in total.